The lowest BCUT2D eigenvalue weighted by molar-refractivity contribution is -0.265. The van der Waals surface area contributed by atoms with Crippen molar-refractivity contribution in [2.24, 2.45) is 5.92 Å². The van der Waals surface area contributed by atoms with Crippen LogP contribution in [0.15, 0.2) is 12.7 Å². The first-order valence-corrected chi connectivity index (χ1v) is 4.38. The molecule has 0 radical (unpaired) electrons. The molecule has 1 saturated heterocycles. The van der Waals surface area contributed by atoms with Gasteiger partial charge in [0.05, 0.1) is 12.2 Å². The van der Waals surface area contributed by atoms with Gasteiger partial charge in [-0.1, -0.05) is 13.0 Å². The maximum Gasteiger partial charge on any atom is 0.183 e. The van der Waals surface area contributed by atoms with E-state index in [0.29, 0.717) is 6.42 Å². The van der Waals surface area contributed by atoms with Crippen molar-refractivity contribution in [3.8, 4) is 0 Å². The van der Waals surface area contributed by atoms with Crippen LogP contribution in [0.1, 0.15) is 13.3 Å². The van der Waals surface area contributed by atoms with Crippen LogP contribution in [0.25, 0.3) is 0 Å². The van der Waals surface area contributed by atoms with Gasteiger partial charge in [0.25, 0.3) is 0 Å². The van der Waals surface area contributed by atoms with Crippen molar-refractivity contribution < 1.29 is 20.1 Å². The fraction of sp³-hybridized carbons (Fsp3) is 0.778. The summed E-state index contributed by atoms with van der Waals surface area (Å²) in [6.07, 6.45) is -1.49. The third-order valence-corrected chi connectivity index (χ3v) is 2.48. The van der Waals surface area contributed by atoms with Gasteiger partial charge in [-0.2, -0.15) is 0 Å². The topological polar surface area (TPSA) is 69.9 Å². The molecule has 1 rings (SSSR count). The van der Waals surface area contributed by atoms with Crippen LogP contribution in [0, 0.1) is 5.92 Å². The van der Waals surface area contributed by atoms with E-state index in [-0.39, 0.29) is 12.0 Å². The molecule has 76 valence electrons. The first kappa shape index (κ1) is 10.7. The third-order valence-electron chi connectivity index (χ3n) is 2.48. The Balaban J connectivity index is 2.64. The van der Waals surface area contributed by atoms with Crippen LogP contribution in [0.3, 0.4) is 0 Å². The molecular formula is C9H16O4. The molecule has 5 atom stereocenters. The molecule has 0 aliphatic carbocycles. The molecule has 0 saturated carbocycles. The van der Waals surface area contributed by atoms with Crippen molar-refractivity contribution in [1.29, 1.82) is 0 Å². The Kier molecular flexibility index (Phi) is 3.44. The zero-order valence-corrected chi connectivity index (χ0v) is 7.63. The van der Waals surface area contributed by atoms with Gasteiger partial charge in [-0.3, -0.25) is 0 Å². The SMILES string of the molecule is C=CC[C@H]1OC(O)[C@H](O)[C@H](O)[C@H]1C. The van der Waals surface area contributed by atoms with E-state index < -0.39 is 18.5 Å². The highest BCUT2D eigenvalue weighted by molar-refractivity contribution is 4.89. The van der Waals surface area contributed by atoms with Gasteiger partial charge in [-0.15, -0.1) is 6.58 Å². The third kappa shape index (κ3) is 2.08. The summed E-state index contributed by atoms with van der Waals surface area (Å²) in [5.74, 6) is -0.198. The summed E-state index contributed by atoms with van der Waals surface area (Å²) in [5.41, 5.74) is 0. The van der Waals surface area contributed by atoms with Crippen LogP contribution in [0.4, 0.5) is 0 Å². The Labute approximate surface area is 77.5 Å². The molecule has 4 heteroatoms. The molecule has 0 spiro atoms. The Morgan fingerprint density at radius 1 is 1.31 bits per heavy atom. The summed E-state index contributed by atoms with van der Waals surface area (Å²) in [6, 6.07) is 0. The Hall–Kier alpha value is -0.420. The lowest BCUT2D eigenvalue weighted by Crippen LogP contribution is -2.53. The lowest BCUT2D eigenvalue weighted by atomic mass is 9.89. The molecule has 4 nitrogen and oxygen atoms in total. The largest absolute Gasteiger partial charge is 0.390 e. The highest BCUT2D eigenvalue weighted by Gasteiger charge is 2.40. The van der Waals surface area contributed by atoms with E-state index >= 15 is 0 Å². The normalized spacial score (nSPS) is 46.0. The summed E-state index contributed by atoms with van der Waals surface area (Å²) in [4.78, 5) is 0. The van der Waals surface area contributed by atoms with Gasteiger partial charge < -0.3 is 20.1 Å². The van der Waals surface area contributed by atoms with Crippen molar-refractivity contribution in [2.75, 3.05) is 0 Å². The van der Waals surface area contributed by atoms with Crippen LogP contribution >= 0.6 is 0 Å². The molecular weight excluding hydrogens is 172 g/mol. The molecule has 3 N–H and O–H groups in total. The van der Waals surface area contributed by atoms with Gasteiger partial charge >= 0.3 is 0 Å². The van der Waals surface area contributed by atoms with Crippen molar-refractivity contribution in [3.05, 3.63) is 12.7 Å². The Morgan fingerprint density at radius 2 is 1.92 bits per heavy atom. The summed E-state index contributed by atoms with van der Waals surface area (Å²) in [6.45, 7) is 5.32. The van der Waals surface area contributed by atoms with Crippen molar-refractivity contribution in [3.63, 3.8) is 0 Å². The smallest absolute Gasteiger partial charge is 0.183 e. The number of hydrogen-bond acceptors (Lipinski definition) is 4. The van der Waals surface area contributed by atoms with E-state index in [9.17, 15) is 15.3 Å². The Bertz CT molecular complexity index is 182. The molecule has 1 fully saturated rings. The number of rotatable bonds is 2. The fourth-order valence-corrected chi connectivity index (χ4v) is 1.52. The van der Waals surface area contributed by atoms with Crippen LogP contribution in [-0.2, 0) is 4.74 Å². The first-order valence-electron chi connectivity index (χ1n) is 4.38. The lowest BCUT2D eigenvalue weighted by Gasteiger charge is -2.39. The molecule has 1 aliphatic rings. The molecule has 1 heterocycles. The minimum absolute atomic E-state index is 0.198. The van der Waals surface area contributed by atoms with Gasteiger partial charge in [0.1, 0.15) is 6.10 Å². The highest BCUT2D eigenvalue weighted by atomic mass is 16.6. The quantitative estimate of drug-likeness (QED) is 0.517. The summed E-state index contributed by atoms with van der Waals surface area (Å²) in [7, 11) is 0. The second-order valence-corrected chi connectivity index (χ2v) is 3.43. The maximum absolute atomic E-state index is 9.49. The molecule has 1 aliphatic heterocycles. The number of hydrogen-bond donors (Lipinski definition) is 3. The zero-order valence-electron chi connectivity index (χ0n) is 7.63. The highest BCUT2D eigenvalue weighted by Crippen LogP contribution is 2.26. The predicted molar refractivity (Wildman–Crippen MR) is 46.9 cm³/mol. The summed E-state index contributed by atoms with van der Waals surface area (Å²) < 4.78 is 5.10. The van der Waals surface area contributed by atoms with E-state index in [1.54, 1.807) is 13.0 Å². The second kappa shape index (κ2) is 4.19. The van der Waals surface area contributed by atoms with Crippen LogP contribution < -0.4 is 0 Å². The molecule has 0 aromatic heterocycles. The molecule has 13 heavy (non-hydrogen) atoms. The van der Waals surface area contributed by atoms with Crippen molar-refractivity contribution >= 4 is 0 Å². The number of aliphatic hydroxyl groups is 3. The van der Waals surface area contributed by atoms with Crippen LogP contribution in [-0.4, -0.2) is 39.9 Å². The minimum Gasteiger partial charge on any atom is -0.390 e. The molecule has 0 aromatic rings. The minimum atomic E-state index is -1.30. The standard InChI is InChI=1S/C9H16O4/c1-3-4-6-5(2)7(10)8(11)9(12)13-6/h3,5-12H,1,4H2,2H3/t5-,6+,7+,8+,9?/m0/s1. The van der Waals surface area contributed by atoms with E-state index in [4.69, 9.17) is 4.74 Å². The zero-order chi connectivity index (χ0) is 10.0. The molecule has 0 aromatic carbocycles. The first-order chi connectivity index (χ1) is 6.07. The van der Waals surface area contributed by atoms with E-state index in [1.165, 1.54) is 0 Å². The molecule has 0 bridgehead atoms. The van der Waals surface area contributed by atoms with Gasteiger partial charge in [0, 0.05) is 5.92 Å². The fourth-order valence-electron chi connectivity index (χ4n) is 1.52. The average molecular weight is 188 g/mol. The second-order valence-electron chi connectivity index (χ2n) is 3.43. The average Bonchev–Trinajstić information content (AvgIpc) is 2.11. The van der Waals surface area contributed by atoms with E-state index in [0.717, 1.165) is 0 Å². The van der Waals surface area contributed by atoms with Gasteiger partial charge in [-0.05, 0) is 6.42 Å². The van der Waals surface area contributed by atoms with Crippen molar-refractivity contribution in [1.82, 2.24) is 0 Å². The summed E-state index contributed by atoms with van der Waals surface area (Å²) in [5, 5.41) is 27.9. The van der Waals surface area contributed by atoms with Crippen molar-refractivity contribution in [2.45, 2.75) is 37.9 Å². The number of ether oxygens (including phenoxy) is 1. The van der Waals surface area contributed by atoms with Crippen LogP contribution in [0.5, 0.6) is 0 Å². The summed E-state index contributed by atoms with van der Waals surface area (Å²) >= 11 is 0. The van der Waals surface area contributed by atoms with E-state index in [2.05, 4.69) is 6.58 Å². The molecule has 1 unspecified atom stereocenters. The van der Waals surface area contributed by atoms with Gasteiger partial charge in [-0.25, -0.2) is 0 Å². The van der Waals surface area contributed by atoms with E-state index in [1.807, 2.05) is 0 Å². The maximum atomic E-state index is 9.49. The Morgan fingerprint density at radius 3 is 2.46 bits per heavy atom. The molecule has 0 amide bonds. The van der Waals surface area contributed by atoms with Gasteiger partial charge in [0.15, 0.2) is 6.29 Å². The van der Waals surface area contributed by atoms with Crippen LogP contribution in [0.2, 0.25) is 0 Å². The number of aliphatic hydroxyl groups excluding tert-OH is 3. The predicted octanol–water partition coefficient (Wildman–Crippen LogP) is -0.362. The van der Waals surface area contributed by atoms with Gasteiger partial charge in [0.2, 0.25) is 0 Å². The monoisotopic (exact) mass is 188 g/mol.